The van der Waals surface area contributed by atoms with E-state index in [1.807, 2.05) is 0 Å². The topological polar surface area (TPSA) is 156 Å². The molecule has 136 valence electrons. The Morgan fingerprint density at radius 2 is 1.87 bits per heavy atom. The number of aliphatic hydroxyl groups is 2. The number of hydrogen-bond acceptors (Lipinski definition) is 9. The van der Waals surface area contributed by atoms with Gasteiger partial charge in [-0.3, -0.25) is 4.79 Å². The van der Waals surface area contributed by atoms with Gasteiger partial charge < -0.3 is 25.0 Å². The van der Waals surface area contributed by atoms with E-state index in [2.05, 4.69) is 5.32 Å². The Kier molecular flexibility index (Phi) is 5.82. The van der Waals surface area contributed by atoms with E-state index in [9.17, 15) is 31.8 Å². The number of sulfone groups is 2. The molecule has 0 aliphatic carbocycles. The largest absolute Gasteiger partial charge is 0.375 e. The molecule has 0 bridgehead atoms. The first-order valence-corrected chi connectivity index (χ1v) is 10.3. The normalized spacial score (nSPS) is 33.9. The van der Waals surface area contributed by atoms with Crippen LogP contribution in [0.4, 0.5) is 0 Å². The van der Waals surface area contributed by atoms with E-state index in [1.54, 1.807) is 0 Å². The molecule has 0 aromatic heterocycles. The standard InChI is InChI=1S/C11H21NO9S2/c1-6(13)12-7-5-8(20-2)21-9(10(14)22(3,16)17)11(7,15)23(4,18)19/h7-10,14-15H,5H2,1-4H3,(H,12,13)/t7-,8-,9+,10?,11+/m0/s1. The Balaban J connectivity index is 3.50. The summed E-state index contributed by atoms with van der Waals surface area (Å²) >= 11 is 0. The Bertz CT molecular complexity index is 659. The summed E-state index contributed by atoms with van der Waals surface area (Å²) in [6.45, 7) is 1.10. The van der Waals surface area contributed by atoms with Gasteiger partial charge in [-0.25, -0.2) is 16.8 Å². The molecular formula is C11H21NO9S2. The molecule has 0 saturated carbocycles. The Labute approximate surface area is 134 Å². The highest BCUT2D eigenvalue weighted by Crippen LogP contribution is 2.36. The average molecular weight is 375 g/mol. The molecule has 0 radical (unpaired) electrons. The third kappa shape index (κ3) is 4.00. The van der Waals surface area contributed by atoms with Crippen molar-refractivity contribution >= 4 is 25.6 Å². The number of methoxy groups -OCH3 is 1. The van der Waals surface area contributed by atoms with E-state index < -0.39 is 54.4 Å². The van der Waals surface area contributed by atoms with Gasteiger partial charge in [-0.15, -0.1) is 0 Å². The maximum absolute atomic E-state index is 12.1. The SMILES string of the molecule is CO[C@@H]1C[C@H](NC(C)=O)[C@@](O)(S(C)(=O)=O)[C@@H](C(O)S(C)(=O)=O)O1. The minimum atomic E-state index is -4.37. The molecular weight excluding hydrogens is 354 g/mol. The fourth-order valence-corrected chi connectivity index (χ4v) is 4.49. The molecule has 1 amide bonds. The van der Waals surface area contributed by atoms with E-state index >= 15 is 0 Å². The zero-order valence-electron chi connectivity index (χ0n) is 13.1. The summed E-state index contributed by atoms with van der Waals surface area (Å²) < 4.78 is 57.5. The maximum Gasteiger partial charge on any atom is 0.217 e. The number of rotatable bonds is 5. The van der Waals surface area contributed by atoms with Crippen LogP contribution in [0.1, 0.15) is 13.3 Å². The smallest absolute Gasteiger partial charge is 0.217 e. The summed E-state index contributed by atoms with van der Waals surface area (Å²) in [5.41, 5.74) is -2.34. The van der Waals surface area contributed by atoms with Crippen LogP contribution in [0.15, 0.2) is 0 Å². The molecule has 1 aliphatic heterocycles. The minimum absolute atomic E-state index is 0.257. The zero-order chi connectivity index (χ0) is 18.2. The van der Waals surface area contributed by atoms with Crippen LogP contribution in [-0.4, -0.2) is 81.4 Å². The van der Waals surface area contributed by atoms with E-state index in [-0.39, 0.29) is 6.42 Å². The lowest BCUT2D eigenvalue weighted by Crippen LogP contribution is -2.71. The zero-order valence-corrected chi connectivity index (χ0v) is 14.7. The molecule has 1 fully saturated rings. The molecule has 10 nitrogen and oxygen atoms in total. The molecule has 1 heterocycles. The lowest BCUT2D eigenvalue weighted by atomic mass is 9.97. The fourth-order valence-electron chi connectivity index (χ4n) is 2.40. The summed E-state index contributed by atoms with van der Waals surface area (Å²) in [5, 5.41) is 22.9. The van der Waals surface area contributed by atoms with Crippen LogP contribution >= 0.6 is 0 Å². The van der Waals surface area contributed by atoms with Crippen LogP contribution in [0.5, 0.6) is 0 Å². The van der Waals surface area contributed by atoms with Crippen molar-refractivity contribution in [3.63, 3.8) is 0 Å². The highest BCUT2D eigenvalue weighted by atomic mass is 32.2. The summed E-state index contributed by atoms with van der Waals surface area (Å²) in [5.74, 6) is -0.651. The van der Waals surface area contributed by atoms with Crippen LogP contribution < -0.4 is 5.32 Å². The van der Waals surface area contributed by atoms with Gasteiger partial charge in [0.05, 0.1) is 6.04 Å². The van der Waals surface area contributed by atoms with Crippen LogP contribution in [-0.2, 0) is 33.9 Å². The monoisotopic (exact) mass is 375 g/mol. The minimum Gasteiger partial charge on any atom is -0.375 e. The van der Waals surface area contributed by atoms with Crippen molar-refractivity contribution in [2.45, 2.75) is 42.1 Å². The number of carbonyl (C=O) groups excluding carboxylic acids is 1. The molecule has 12 heteroatoms. The predicted octanol–water partition coefficient (Wildman–Crippen LogP) is -2.65. The van der Waals surface area contributed by atoms with Crippen molar-refractivity contribution in [2.75, 3.05) is 19.6 Å². The van der Waals surface area contributed by atoms with Gasteiger partial charge in [-0.1, -0.05) is 0 Å². The van der Waals surface area contributed by atoms with Gasteiger partial charge in [0.15, 0.2) is 31.4 Å². The number of carbonyl (C=O) groups is 1. The second-order valence-electron chi connectivity index (χ2n) is 5.45. The number of nitrogens with one attached hydrogen (secondary N) is 1. The first-order valence-electron chi connectivity index (χ1n) is 6.49. The third-order valence-corrected chi connectivity index (χ3v) is 6.39. The van der Waals surface area contributed by atoms with Crippen LogP contribution in [0.25, 0.3) is 0 Å². The molecule has 3 N–H and O–H groups in total. The first-order chi connectivity index (χ1) is 10.2. The summed E-state index contributed by atoms with van der Waals surface area (Å²) in [7, 11) is -7.34. The van der Waals surface area contributed by atoms with Gasteiger partial charge in [-0.2, -0.15) is 0 Å². The summed E-state index contributed by atoms with van der Waals surface area (Å²) in [6.07, 6.45) is -2.14. The molecule has 0 aromatic rings. The average Bonchev–Trinajstić information content (AvgIpc) is 2.37. The summed E-state index contributed by atoms with van der Waals surface area (Å²) in [4.78, 5) is 8.46. The molecule has 1 aliphatic rings. The highest BCUT2D eigenvalue weighted by Gasteiger charge is 2.61. The van der Waals surface area contributed by atoms with Crippen LogP contribution in [0.2, 0.25) is 0 Å². The van der Waals surface area contributed by atoms with Gasteiger partial charge >= 0.3 is 0 Å². The van der Waals surface area contributed by atoms with Crippen molar-refractivity contribution in [2.24, 2.45) is 0 Å². The molecule has 0 aromatic carbocycles. The summed E-state index contributed by atoms with van der Waals surface area (Å²) in [6, 6.07) is -1.44. The van der Waals surface area contributed by atoms with Crippen molar-refractivity contribution in [1.82, 2.24) is 5.32 Å². The fraction of sp³-hybridized carbons (Fsp3) is 0.909. The van der Waals surface area contributed by atoms with E-state index in [0.29, 0.717) is 12.5 Å². The Morgan fingerprint density at radius 1 is 1.35 bits per heavy atom. The van der Waals surface area contributed by atoms with Crippen LogP contribution in [0, 0.1) is 0 Å². The molecule has 0 spiro atoms. The molecule has 1 saturated heterocycles. The van der Waals surface area contributed by atoms with Crippen LogP contribution in [0.3, 0.4) is 0 Å². The lowest BCUT2D eigenvalue weighted by Gasteiger charge is -2.47. The van der Waals surface area contributed by atoms with E-state index in [0.717, 1.165) is 6.92 Å². The lowest BCUT2D eigenvalue weighted by molar-refractivity contribution is -0.244. The quantitative estimate of drug-likeness (QED) is 0.467. The molecule has 1 unspecified atom stereocenters. The maximum atomic E-state index is 12.1. The van der Waals surface area contributed by atoms with Crippen molar-refractivity contribution in [3.05, 3.63) is 0 Å². The molecule has 1 rings (SSSR count). The van der Waals surface area contributed by atoms with Crippen molar-refractivity contribution < 1.29 is 41.3 Å². The van der Waals surface area contributed by atoms with Crippen molar-refractivity contribution in [1.29, 1.82) is 0 Å². The number of amides is 1. The van der Waals surface area contributed by atoms with Gasteiger partial charge in [0, 0.05) is 33.0 Å². The number of hydrogen-bond donors (Lipinski definition) is 3. The number of aliphatic hydroxyl groups excluding tert-OH is 1. The molecule has 5 atom stereocenters. The second-order valence-corrected chi connectivity index (χ2v) is 9.80. The molecule has 23 heavy (non-hydrogen) atoms. The van der Waals surface area contributed by atoms with E-state index in [4.69, 9.17) is 9.47 Å². The number of ether oxygens (including phenoxy) is 2. The highest BCUT2D eigenvalue weighted by molar-refractivity contribution is 7.92. The first kappa shape index (κ1) is 20.3. The van der Waals surface area contributed by atoms with Gasteiger partial charge in [0.2, 0.25) is 10.8 Å². The Morgan fingerprint density at radius 3 is 2.22 bits per heavy atom. The predicted molar refractivity (Wildman–Crippen MR) is 78.5 cm³/mol. The van der Waals surface area contributed by atoms with Gasteiger partial charge in [-0.05, 0) is 0 Å². The van der Waals surface area contributed by atoms with Crippen molar-refractivity contribution in [3.8, 4) is 0 Å². The van der Waals surface area contributed by atoms with Gasteiger partial charge in [0.1, 0.15) is 6.10 Å². The van der Waals surface area contributed by atoms with E-state index in [1.165, 1.54) is 7.11 Å². The third-order valence-electron chi connectivity index (χ3n) is 3.57. The Hall–Kier alpha value is -0.790. The second kappa shape index (κ2) is 6.61. The van der Waals surface area contributed by atoms with Gasteiger partial charge in [0.25, 0.3) is 0 Å².